The van der Waals surface area contributed by atoms with E-state index in [1.54, 1.807) is 23.8 Å². The van der Waals surface area contributed by atoms with Crippen LogP contribution in [0.15, 0.2) is 35.7 Å². The predicted octanol–water partition coefficient (Wildman–Crippen LogP) is 2.58. The lowest BCUT2D eigenvalue weighted by Gasteiger charge is -2.15. The molecular weight excluding hydrogens is 284 g/mol. The number of nitrogens with one attached hydrogen (secondary N) is 1. The molecule has 1 atom stereocenters. The molecule has 1 aromatic heterocycles. The predicted molar refractivity (Wildman–Crippen MR) is 85.8 cm³/mol. The van der Waals surface area contributed by atoms with E-state index in [0.29, 0.717) is 11.6 Å². The van der Waals surface area contributed by atoms with E-state index in [1.807, 2.05) is 24.3 Å². The van der Waals surface area contributed by atoms with Crippen molar-refractivity contribution in [3.63, 3.8) is 0 Å². The Morgan fingerprint density at radius 3 is 2.86 bits per heavy atom. The highest BCUT2D eigenvalue weighted by Gasteiger charge is 2.09. The van der Waals surface area contributed by atoms with E-state index in [0.717, 1.165) is 23.6 Å². The molecule has 0 fully saturated rings. The van der Waals surface area contributed by atoms with E-state index in [2.05, 4.69) is 18.3 Å². The average Bonchev–Trinajstić information content (AvgIpc) is 2.95. The van der Waals surface area contributed by atoms with Gasteiger partial charge in [-0.2, -0.15) is 0 Å². The number of benzene rings is 1. The number of carbonyl (C=O) groups excluding carboxylic acids is 1. The molecule has 0 saturated heterocycles. The molecule has 1 aromatic carbocycles. The van der Waals surface area contributed by atoms with E-state index in [1.165, 1.54) is 5.56 Å². The van der Waals surface area contributed by atoms with Gasteiger partial charge in [-0.1, -0.05) is 18.2 Å². The van der Waals surface area contributed by atoms with Gasteiger partial charge in [0.1, 0.15) is 5.75 Å². The van der Waals surface area contributed by atoms with Gasteiger partial charge in [-0.25, -0.2) is 0 Å². The first-order valence-electron chi connectivity index (χ1n) is 6.82. The minimum Gasteiger partial charge on any atom is -0.496 e. The van der Waals surface area contributed by atoms with Crippen LogP contribution < -0.4 is 15.8 Å². The molecule has 3 N–H and O–H groups in total. The molecule has 1 heterocycles. The Kier molecular flexibility index (Phi) is 5.36. The third-order valence-electron chi connectivity index (χ3n) is 3.28. The van der Waals surface area contributed by atoms with Crippen LogP contribution >= 0.6 is 11.3 Å². The van der Waals surface area contributed by atoms with Crippen LogP contribution in [0.5, 0.6) is 5.75 Å². The third kappa shape index (κ3) is 4.31. The number of methoxy groups -OCH3 is 1. The van der Waals surface area contributed by atoms with Gasteiger partial charge < -0.3 is 15.8 Å². The van der Waals surface area contributed by atoms with E-state index < -0.39 is 0 Å². The number of amides is 1. The smallest absolute Gasteiger partial charge is 0.249 e. The minimum atomic E-state index is -0.375. The summed E-state index contributed by atoms with van der Waals surface area (Å²) in [5.41, 5.74) is 7.01. The van der Waals surface area contributed by atoms with Gasteiger partial charge in [0.15, 0.2) is 0 Å². The zero-order chi connectivity index (χ0) is 15.2. The monoisotopic (exact) mass is 304 g/mol. The van der Waals surface area contributed by atoms with Gasteiger partial charge in [-0.3, -0.25) is 4.79 Å². The Morgan fingerprint density at radius 1 is 1.43 bits per heavy atom. The van der Waals surface area contributed by atoms with Crippen LogP contribution in [0, 0.1) is 0 Å². The highest BCUT2D eigenvalue weighted by molar-refractivity contribution is 7.10. The Labute approximate surface area is 128 Å². The summed E-state index contributed by atoms with van der Waals surface area (Å²) in [6.45, 7) is 2.86. The molecule has 0 aliphatic carbocycles. The van der Waals surface area contributed by atoms with Crippen molar-refractivity contribution < 1.29 is 9.53 Å². The molecule has 0 aliphatic rings. The fraction of sp³-hybridized carbons (Fsp3) is 0.312. The largest absolute Gasteiger partial charge is 0.496 e. The number of hydrogen-bond acceptors (Lipinski definition) is 4. The first-order valence-corrected chi connectivity index (χ1v) is 7.70. The van der Waals surface area contributed by atoms with Crippen LogP contribution in [-0.2, 0) is 13.0 Å². The van der Waals surface area contributed by atoms with Crippen LogP contribution in [0.3, 0.4) is 0 Å². The molecular formula is C16H20N2O2S. The molecule has 21 heavy (non-hydrogen) atoms. The van der Waals surface area contributed by atoms with Crippen molar-refractivity contribution in [3.8, 4) is 5.75 Å². The summed E-state index contributed by atoms with van der Waals surface area (Å²) in [5.74, 6) is 0.540. The lowest BCUT2D eigenvalue weighted by atomic mass is 10.1. The summed E-state index contributed by atoms with van der Waals surface area (Å²) in [4.78, 5) is 12.2. The van der Waals surface area contributed by atoms with E-state index >= 15 is 0 Å². The van der Waals surface area contributed by atoms with Crippen LogP contribution in [0.25, 0.3) is 0 Å². The molecule has 0 bridgehead atoms. The molecule has 1 unspecified atom stereocenters. The standard InChI is InChI=1S/C16H20N2O2S/c1-11(7-12-5-3-4-6-15(12)20-2)18-9-14-8-13(10-21-14)16(17)19/h3-6,8,10-11,18H,7,9H2,1-2H3,(H2,17,19). The van der Waals surface area contributed by atoms with Crippen molar-refractivity contribution in [2.24, 2.45) is 5.73 Å². The lowest BCUT2D eigenvalue weighted by molar-refractivity contribution is 0.100. The van der Waals surface area contributed by atoms with Crippen molar-refractivity contribution in [3.05, 3.63) is 51.7 Å². The third-order valence-corrected chi connectivity index (χ3v) is 4.22. The van der Waals surface area contributed by atoms with Crippen molar-refractivity contribution in [1.29, 1.82) is 0 Å². The Hall–Kier alpha value is -1.85. The van der Waals surface area contributed by atoms with Crippen molar-refractivity contribution in [1.82, 2.24) is 5.32 Å². The zero-order valence-electron chi connectivity index (χ0n) is 12.3. The first kappa shape index (κ1) is 15.5. The lowest BCUT2D eigenvalue weighted by Crippen LogP contribution is -2.27. The van der Waals surface area contributed by atoms with Crippen molar-refractivity contribution in [2.75, 3.05) is 7.11 Å². The number of hydrogen-bond donors (Lipinski definition) is 2. The zero-order valence-corrected chi connectivity index (χ0v) is 13.1. The summed E-state index contributed by atoms with van der Waals surface area (Å²) in [6, 6.07) is 10.2. The normalized spacial score (nSPS) is 12.1. The molecule has 0 spiro atoms. The van der Waals surface area contributed by atoms with Crippen LogP contribution in [0.2, 0.25) is 0 Å². The molecule has 0 saturated carbocycles. The molecule has 2 rings (SSSR count). The summed E-state index contributed by atoms with van der Waals surface area (Å²) in [6.07, 6.45) is 0.887. The fourth-order valence-electron chi connectivity index (χ4n) is 2.15. The van der Waals surface area contributed by atoms with Crippen LogP contribution in [0.1, 0.15) is 27.7 Å². The topological polar surface area (TPSA) is 64.3 Å². The SMILES string of the molecule is COc1ccccc1CC(C)NCc1cc(C(N)=O)cs1. The Balaban J connectivity index is 1.89. The maximum Gasteiger partial charge on any atom is 0.249 e. The Morgan fingerprint density at radius 2 is 2.19 bits per heavy atom. The maximum absolute atomic E-state index is 11.1. The number of primary amides is 1. The second-order valence-corrected chi connectivity index (χ2v) is 5.96. The number of carbonyl (C=O) groups is 1. The number of rotatable bonds is 7. The van der Waals surface area contributed by atoms with Crippen molar-refractivity contribution in [2.45, 2.75) is 25.9 Å². The van der Waals surface area contributed by atoms with Gasteiger partial charge in [-0.15, -0.1) is 11.3 Å². The second kappa shape index (κ2) is 7.24. The molecule has 1 amide bonds. The Bertz CT molecular complexity index is 610. The van der Waals surface area contributed by atoms with E-state index in [4.69, 9.17) is 10.5 Å². The van der Waals surface area contributed by atoms with E-state index in [-0.39, 0.29) is 5.91 Å². The maximum atomic E-state index is 11.1. The summed E-state index contributed by atoms with van der Waals surface area (Å²) < 4.78 is 5.36. The summed E-state index contributed by atoms with van der Waals surface area (Å²) in [7, 11) is 1.69. The van der Waals surface area contributed by atoms with E-state index in [9.17, 15) is 4.79 Å². The summed E-state index contributed by atoms with van der Waals surface area (Å²) in [5, 5.41) is 5.25. The minimum absolute atomic E-state index is 0.306. The number of nitrogens with two attached hydrogens (primary N) is 1. The first-order chi connectivity index (χ1) is 10.1. The molecule has 0 radical (unpaired) electrons. The van der Waals surface area contributed by atoms with Gasteiger partial charge >= 0.3 is 0 Å². The van der Waals surface area contributed by atoms with Gasteiger partial charge in [0, 0.05) is 22.8 Å². The average molecular weight is 304 g/mol. The molecule has 4 nitrogen and oxygen atoms in total. The van der Waals surface area contributed by atoms with Gasteiger partial charge in [0.05, 0.1) is 12.7 Å². The van der Waals surface area contributed by atoms with Crippen LogP contribution in [0.4, 0.5) is 0 Å². The fourth-order valence-corrected chi connectivity index (χ4v) is 2.98. The van der Waals surface area contributed by atoms with Gasteiger partial charge in [-0.05, 0) is 31.0 Å². The number of thiophene rings is 1. The van der Waals surface area contributed by atoms with Crippen LogP contribution in [-0.4, -0.2) is 19.1 Å². The second-order valence-electron chi connectivity index (χ2n) is 4.96. The molecule has 2 aromatic rings. The highest BCUT2D eigenvalue weighted by atomic mass is 32.1. The molecule has 5 heteroatoms. The van der Waals surface area contributed by atoms with Gasteiger partial charge in [0.2, 0.25) is 5.91 Å². The quantitative estimate of drug-likeness (QED) is 0.826. The van der Waals surface area contributed by atoms with Gasteiger partial charge in [0.25, 0.3) is 0 Å². The molecule has 0 aliphatic heterocycles. The highest BCUT2D eigenvalue weighted by Crippen LogP contribution is 2.19. The molecule has 112 valence electrons. The van der Waals surface area contributed by atoms with Crippen molar-refractivity contribution >= 4 is 17.2 Å². The number of para-hydroxylation sites is 1. The summed E-state index contributed by atoms with van der Waals surface area (Å²) >= 11 is 1.55. The number of ether oxygens (including phenoxy) is 1.